The lowest BCUT2D eigenvalue weighted by molar-refractivity contribution is 0.0698. The molecule has 196 valence electrons. The monoisotopic (exact) mass is 503 g/mol. The van der Waals surface area contributed by atoms with E-state index in [1.807, 2.05) is 62.6 Å². The predicted octanol–water partition coefficient (Wildman–Crippen LogP) is 5.87. The van der Waals surface area contributed by atoms with Gasteiger partial charge in [0, 0.05) is 25.3 Å². The zero-order valence-electron chi connectivity index (χ0n) is 22.2. The lowest BCUT2D eigenvalue weighted by Crippen LogP contribution is -2.31. The first kappa shape index (κ1) is 27.7. The van der Waals surface area contributed by atoms with Crippen LogP contribution >= 0.6 is 0 Å². The minimum absolute atomic E-state index is 0.0267. The molecule has 0 fully saturated rings. The third-order valence-electron chi connectivity index (χ3n) is 6.13. The van der Waals surface area contributed by atoms with Gasteiger partial charge in [-0.15, -0.1) is 0 Å². The highest BCUT2D eigenvalue weighted by Crippen LogP contribution is 2.30. The molecule has 37 heavy (non-hydrogen) atoms. The van der Waals surface area contributed by atoms with Crippen LogP contribution in [0.4, 0.5) is 11.4 Å². The summed E-state index contributed by atoms with van der Waals surface area (Å²) in [6.07, 6.45) is 1.84. The Kier molecular flexibility index (Phi) is 10.1. The highest BCUT2D eigenvalue weighted by atomic mass is 16.5. The molecule has 0 aliphatic carbocycles. The number of hydrogen-bond acceptors (Lipinski definition) is 5. The number of rotatable bonds is 13. The standard InChI is InChI=1S/C30H37N3O4/c1-5-7-19-37-28-16-14-24(33(6-2)18-17-32(3)4)21-26(28)29(34)31-27-20-23(13-15-25(27)30(35)36)22-11-9-8-10-12-22/h8-16,20-21H,5-7,17-19H2,1-4H3,(H,31,34)(H,35,36). The molecule has 2 N–H and O–H groups in total. The van der Waals surface area contributed by atoms with Crippen LogP contribution in [-0.2, 0) is 0 Å². The van der Waals surface area contributed by atoms with Gasteiger partial charge < -0.3 is 25.0 Å². The summed E-state index contributed by atoms with van der Waals surface area (Å²) in [7, 11) is 4.06. The van der Waals surface area contributed by atoms with E-state index in [2.05, 4.69) is 29.0 Å². The van der Waals surface area contributed by atoms with Gasteiger partial charge in [-0.3, -0.25) is 4.79 Å². The van der Waals surface area contributed by atoms with Crippen LogP contribution in [0.1, 0.15) is 47.4 Å². The van der Waals surface area contributed by atoms with Gasteiger partial charge in [0.15, 0.2) is 0 Å². The highest BCUT2D eigenvalue weighted by molar-refractivity contribution is 6.10. The zero-order chi connectivity index (χ0) is 26.8. The summed E-state index contributed by atoms with van der Waals surface area (Å²) in [4.78, 5) is 29.9. The van der Waals surface area contributed by atoms with E-state index in [1.54, 1.807) is 12.1 Å². The van der Waals surface area contributed by atoms with Crippen LogP contribution < -0.4 is 15.0 Å². The topological polar surface area (TPSA) is 82.1 Å². The maximum absolute atomic E-state index is 13.6. The second-order valence-corrected chi connectivity index (χ2v) is 9.15. The van der Waals surface area contributed by atoms with E-state index in [4.69, 9.17) is 4.74 Å². The van der Waals surface area contributed by atoms with Crippen molar-refractivity contribution >= 4 is 23.3 Å². The van der Waals surface area contributed by atoms with Gasteiger partial charge in [0.1, 0.15) is 5.75 Å². The molecule has 0 bridgehead atoms. The minimum Gasteiger partial charge on any atom is -0.493 e. The van der Waals surface area contributed by atoms with Crippen LogP contribution in [0.2, 0.25) is 0 Å². The van der Waals surface area contributed by atoms with E-state index in [9.17, 15) is 14.7 Å². The largest absolute Gasteiger partial charge is 0.493 e. The molecule has 0 saturated heterocycles. The Hall–Kier alpha value is -3.84. The molecule has 3 aromatic carbocycles. The SMILES string of the molecule is CCCCOc1ccc(N(CC)CCN(C)C)cc1C(=O)Nc1cc(-c2ccccc2)ccc1C(=O)O. The number of carboxylic acids is 1. The molecule has 7 heteroatoms. The molecule has 0 atom stereocenters. The number of benzene rings is 3. The quantitative estimate of drug-likeness (QED) is 0.284. The molecule has 7 nitrogen and oxygen atoms in total. The van der Waals surface area contributed by atoms with Gasteiger partial charge in [-0.25, -0.2) is 4.79 Å². The Morgan fingerprint density at radius 1 is 0.892 bits per heavy atom. The molecule has 0 aliphatic rings. The molecule has 3 aromatic rings. The summed E-state index contributed by atoms with van der Waals surface area (Å²) in [6, 6.07) is 20.2. The second kappa shape index (κ2) is 13.5. The number of hydrogen-bond donors (Lipinski definition) is 2. The molecule has 0 radical (unpaired) electrons. The first-order chi connectivity index (χ1) is 17.8. The Bertz CT molecular complexity index is 1190. The van der Waals surface area contributed by atoms with Crippen molar-refractivity contribution in [1.82, 2.24) is 4.90 Å². The number of carbonyl (C=O) groups excluding carboxylic acids is 1. The van der Waals surface area contributed by atoms with Crippen molar-refractivity contribution < 1.29 is 19.4 Å². The smallest absolute Gasteiger partial charge is 0.337 e. The number of carbonyl (C=O) groups is 2. The van der Waals surface area contributed by atoms with Crippen LogP contribution in [0, 0.1) is 0 Å². The van der Waals surface area contributed by atoms with Gasteiger partial charge in [0.2, 0.25) is 0 Å². The van der Waals surface area contributed by atoms with Crippen LogP contribution in [0.15, 0.2) is 66.7 Å². The minimum atomic E-state index is -1.11. The highest BCUT2D eigenvalue weighted by Gasteiger charge is 2.20. The molecule has 3 rings (SSSR count). The number of aromatic carboxylic acids is 1. The Morgan fingerprint density at radius 3 is 2.30 bits per heavy atom. The maximum atomic E-state index is 13.6. The number of likely N-dealkylation sites (N-methyl/N-ethyl adjacent to an activating group) is 2. The summed E-state index contributed by atoms with van der Waals surface area (Å²) < 4.78 is 5.97. The number of anilines is 2. The average molecular weight is 504 g/mol. The Labute approximate surface area is 219 Å². The van der Waals surface area contributed by atoms with E-state index in [-0.39, 0.29) is 11.3 Å². The van der Waals surface area contributed by atoms with Gasteiger partial charge in [0.25, 0.3) is 5.91 Å². The van der Waals surface area contributed by atoms with Gasteiger partial charge in [0.05, 0.1) is 23.4 Å². The maximum Gasteiger partial charge on any atom is 0.337 e. The first-order valence-corrected chi connectivity index (χ1v) is 12.7. The number of amides is 1. The van der Waals surface area contributed by atoms with Crippen LogP contribution in [0.3, 0.4) is 0 Å². The fourth-order valence-corrected chi connectivity index (χ4v) is 3.97. The summed E-state index contributed by atoms with van der Waals surface area (Å²) in [6.45, 7) is 7.12. The molecule has 0 unspecified atom stereocenters. The summed E-state index contributed by atoms with van der Waals surface area (Å²) in [5, 5.41) is 12.6. The normalized spacial score (nSPS) is 10.8. The van der Waals surface area contributed by atoms with Crippen LogP contribution in [0.5, 0.6) is 5.75 Å². The van der Waals surface area contributed by atoms with E-state index in [0.717, 1.165) is 49.3 Å². The second-order valence-electron chi connectivity index (χ2n) is 9.15. The van der Waals surface area contributed by atoms with Crippen molar-refractivity contribution in [2.24, 2.45) is 0 Å². The predicted molar refractivity (Wildman–Crippen MR) is 150 cm³/mol. The average Bonchev–Trinajstić information content (AvgIpc) is 2.89. The molecule has 0 heterocycles. The lowest BCUT2D eigenvalue weighted by atomic mass is 10.0. The number of nitrogens with zero attached hydrogens (tertiary/aromatic N) is 2. The summed E-state index contributed by atoms with van der Waals surface area (Å²) in [5.41, 5.74) is 3.30. The van der Waals surface area contributed by atoms with E-state index < -0.39 is 11.9 Å². The van der Waals surface area contributed by atoms with E-state index >= 15 is 0 Å². The number of nitrogens with one attached hydrogen (secondary N) is 1. The molecular weight excluding hydrogens is 466 g/mol. The Balaban J connectivity index is 1.98. The van der Waals surface area contributed by atoms with Gasteiger partial charge in [-0.2, -0.15) is 0 Å². The van der Waals surface area contributed by atoms with Crippen molar-refractivity contribution in [2.75, 3.05) is 50.6 Å². The summed E-state index contributed by atoms with van der Waals surface area (Å²) >= 11 is 0. The summed E-state index contributed by atoms with van der Waals surface area (Å²) in [5.74, 6) is -1.04. The third-order valence-corrected chi connectivity index (χ3v) is 6.13. The molecular formula is C30H37N3O4. The van der Waals surface area contributed by atoms with Gasteiger partial charge in [-0.1, -0.05) is 49.7 Å². The fourth-order valence-electron chi connectivity index (χ4n) is 3.97. The number of ether oxygens (including phenoxy) is 1. The number of carboxylic acid groups (broad SMARTS) is 1. The lowest BCUT2D eigenvalue weighted by Gasteiger charge is -2.26. The van der Waals surface area contributed by atoms with E-state index in [0.29, 0.717) is 17.9 Å². The zero-order valence-corrected chi connectivity index (χ0v) is 22.2. The van der Waals surface area contributed by atoms with Gasteiger partial charge >= 0.3 is 5.97 Å². The van der Waals surface area contributed by atoms with Crippen molar-refractivity contribution in [2.45, 2.75) is 26.7 Å². The third kappa shape index (κ3) is 7.57. The van der Waals surface area contributed by atoms with Gasteiger partial charge in [-0.05, 0) is 68.9 Å². The molecule has 0 aromatic heterocycles. The van der Waals surface area contributed by atoms with Crippen molar-refractivity contribution in [1.29, 1.82) is 0 Å². The molecule has 0 aliphatic heterocycles. The van der Waals surface area contributed by atoms with Crippen LogP contribution in [-0.4, -0.2) is 62.2 Å². The molecule has 0 saturated carbocycles. The van der Waals surface area contributed by atoms with Crippen LogP contribution in [0.25, 0.3) is 11.1 Å². The number of unbranched alkanes of at least 4 members (excludes halogenated alkanes) is 1. The van der Waals surface area contributed by atoms with E-state index in [1.165, 1.54) is 6.07 Å². The van der Waals surface area contributed by atoms with Crippen molar-refractivity contribution in [3.05, 3.63) is 77.9 Å². The fraction of sp³-hybridized carbons (Fsp3) is 0.333. The van der Waals surface area contributed by atoms with Crippen molar-refractivity contribution in [3.63, 3.8) is 0 Å². The molecule has 1 amide bonds. The first-order valence-electron chi connectivity index (χ1n) is 12.7. The van der Waals surface area contributed by atoms with Crippen molar-refractivity contribution in [3.8, 4) is 16.9 Å². The Morgan fingerprint density at radius 2 is 1.65 bits per heavy atom. The molecule has 0 spiro atoms.